The van der Waals surface area contributed by atoms with Gasteiger partial charge >= 0.3 is 12.0 Å². The standard InChI is InChI=1S/C19H23N3O4/c1-13-16(9-10-17(20-13)26-2)22-19(25)21-15(8-11-18(23)24)12-14-6-4-3-5-7-14/h3-7,9-10,15H,8,11-12H2,1-2H3,(H,23,24)(H2,21,22,25). The maximum Gasteiger partial charge on any atom is 0.319 e. The van der Waals surface area contributed by atoms with Crippen molar-refractivity contribution < 1.29 is 19.4 Å². The van der Waals surface area contributed by atoms with Gasteiger partial charge in [-0.25, -0.2) is 9.78 Å². The van der Waals surface area contributed by atoms with Crippen molar-refractivity contribution >= 4 is 17.7 Å². The summed E-state index contributed by atoms with van der Waals surface area (Å²) in [7, 11) is 1.53. The number of anilines is 1. The van der Waals surface area contributed by atoms with Gasteiger partial charge in [0.25, 0.3) is 0 Å². The fraction of sp³-hybridized carbons (Fsp3) is 0.316. The fourth-order valence-corrected chi connectivity index (χ4v) is 2.55. The Balaban J connectivity index is 2.01. The van der Waals surface area contributed by atoms with Crippen molar-refractivity contribution in [2.45, 2.75) is 32.2 Å². The van der Waals surface area contributed by atoms with E-state index >= 15 is 0 Å². The monoisotopic (exact) mass is 357 g/mol. The molecule has 1 heterocycles. The number of aliphatic carboxylic acids is 1. The normalized spacial score (nSPS) is 11.5. The smallest absolute Gasteiger partial charge is 0.319 e. The number of carbonyl (C=O) groups is 2. The van der Waals surface area contributed by atoms with Gasteiger partial charge in [-0.2, -0.15) is 0 Å². The van der Waals surface area contributed by atoms with Gasteiger partial charge < -0.3 is 20.5 Å². The summed E-state index contributed by atoms with van der Waals surface area (Å²) in [6.07, 6.45) is 0.889. The number of carbonyl (C=O) groups excluding carboxylic acids is 1. The Kier molecular flexibility index (Phi) is 6.96. The molecule has 7 heteroatoms. The van der Waals surface area contributed by atoms with Crippen LogP contribution in [-0.2, 0) is 11.2 Å². The summed E-state index contributed by atoms with van der Waals surface area (Å²) in [5.41, 5.74) is 2.23. The summed E-state index contributed by atoms with van der Waals surface area (Å²) in [6, 6.07) is 12.3. The summed E-state index contributed by atoms with van der Waals surface area (Å²) in [4.78, 5) is 27.4. The largest absolute Gasteiger partial charge is 0.481 e. The first-order valence-corrected chi connectivity index (χ1v) is 8.33. The summed E-state index contributed by atoms with van der Waals surface area (Å²) in [6.45, 7) is 1.77. The number of ether oxygens (including phenoxy) is 1. The first-order chi connectivity index (χ1) is 12.5. The van der Waals surface area contributed by atoms with E-state index < -0.39 is 12.0 Å². The number of hydrogen-bond donors (Lipinski definition) is 3. The Morgan fingerprint density at radius 2 is 1.92 bits per heavy atom. The van der Waals surface area contributed by atoms with Crippen LogP contribution in [0.15, 0.2) is 42.5 Å². The van der Waals surface area contributed by atoms with Gasteiger partial charge in [0.05, 0.1) is 18.5 Å². The maximum atomic E-state index is 12.3. The van der Waals surface area contributed by atoms with Crippen LogP contribution in [-0.4, -0.2) is 35.2 Å². The predicted molar refractivity (Wildman–Crippen MR) is 98.5 cm³/mol. The highest BCUT2D eigenvalue weighted by atomic mass is 16.5. The zero-order valence-corrected chi connectivity index (χ0v) is 14.9. The molecular weight excluding hydrogens is 334 g/mol. The number of rotatable bonds is 8. The van der Waals surface area contributed by atoms with E-state index in [2.05, 4.69) is 15.6 Å². The minimum absolute atomic E-state index is 0.0130. The van der Waals surface area contributed by atoms with Gasteiger partial charge in [-0.3, -0.25) is 4.79 Å². The van der Waals surface area contributed by atoms with E-state index in [1.54, 1.807) is 19.1 Å². The van der Waals surface area contributed by atoms with E-state index in [-0.39, 0.29) is 12.5 Å². The average Bonchev–Trinajstić information content (AvgIpc) is 2.62. The summed E-state index contributed by atoms with van der Waals surface area (Å²) >= 11 is 0. The van der Waals surface area contributed by atoms with Crippen molar-refractivity contribution in [3.63, 3.8) is 0 Å². The molecule has 26 heavy (non-hydrogen) atoms. The number of benzene rings is 1. The van der Waals surface area contributed by atoms with E-state index in [9.17, 15) is 9.59 Å². The zero-order chi connectivity index (χ0) is 18.9. The summed E-state index contributed by atoms with van der Waals surface area (Å²) in [5.74, 6) is -0.419. The molecule has 3 N–H and O–H groups in total. The lowest BCUT2D eigenvalue weighted by atomic mass is 10.0. The molecular formula is C19H23N3O4. The third kappa shape index (κ3) is 6.08. The molecule has 0 spiro atoms. The van der Waals surface area contributed by atoms with E-state index in [1.165, 1.54) is 7.11 Å². The molecule has 0 fully saturated rings. The maximum absolute atomic E-state index is 12.3. The number of aromatic nitrogens is 1. The molecule has 0 saturated carbocycles. The van der Waals surface area contributed by atoms with Gasteiger partial charge in [0, 0.05) is 18.5 Å². The Morgan fingerprint density at radius 3 is 2.54 bits per heavy atom. The molecule has 0 saturated heterocycles. The molecule has 0 radical (unpaired) electrons. The molecule has 2 amide bonds. The molecule has 1 atom stereocenters. The molecule has 0 bridgehead atoms. The highest BCUT2D eigenvalue weighted by Gasteiger charge is 2.15. The number of aryl methyl sites for hydroxylation is 1. The Labute approximate surface area is 152 Å². The number of carboxylic acid groups (broad SMARTS) is 1. The number of amides is 2. The van der Waals surface area contributed by atoms with Gasteiger partial charge in [-0.05, 0) is 31.4 Å². The number of methoxy groups -OCH3 is 1. The van der Waals surface area contributed by atoms with Gasteiger partial charge in [0.2, 0.25) is 5.88 Å². The van der Waals surface area contributed by atoms with Crippen molar-refractivity contribution in [1.82, 2.24) is 10.3 Å². The molecule has 1 aromatic carbocycles. The molecule has 0 aliphatic heterocycles. The lowest BCUT2D eigenvalue weighted by molar-refractivity contribution is -0.137. The van der Waals surface area contributed by atoms with E-state index in [0.717, 1.165) is 5.56 Å². The molecule has 2 aromatic rings. The van der Waals surface area contributed by atoms with E-state index in [4.69, 9.17) is 9.84 Å². The van der Waals surface area contributed by atoms with Crippen LogP contribution in [0, 0.1) is 6.92 Å². The van der Waals surface area contributed by atoms with Gasteiger partial charge in [-0.1, -0.05) is 30.3 Å². The van der Waals surface area contributed by atoms with Crippen LogP contribution >= 0.6 is 0 Å². The minimum Gasteiger partial charge on any atom is -0.481 e. The number of urea groups is 1. The number of hydrogen-bond acceptors (Lipinski definition) is 4. The van der Waals surface area contributed by atoms with Crippen LogP contribution in [0.2, 0.25) is 0 Å². The lowest BCUT2D eigenvalue weighted by Gasteiger charge is -2.19. The topological polar surface area (TPSA) is 101 Å². The second-order valence-corrected chi connectivity index (χ2v) is 5.90. The zero-order valence-electron chi connectivity index (χ0n) is 14.9. The molecule has 0 aliphatic carbocycles. The Hall–Kier alpha value is -3.09. The second-order valence-electron chi connectivity index (χ2n) is 5.90. The second kappa shape index (κ2) is 9.41. The summed E-state index contributed by atoms with van der Waals surface area (Å²) in [5, 5.41) is 14.5. The van der Waals surface area contributed by atoms with Crippen LogP contribution < -0.4 is 15.4 Å². The molecule has 0 aliphatic rings. The third-order valence-corrected chi connectivity index (χ3v) is 3.88. The van der Waals surface area contributed by atoms with Crippen molar-refractivity contribution in [3.05, 3.63) is 53.7 Å². The molecule has 1 unspecified atom stereocenters. The van der Waals surface area contributed by atoms with Crippen LogP contribution in [0.5, 0.6) is 5.88 Å². The number of pyridine rings is 1. The highest BCUT2D eigenvalue weighted by Crippen LogP contribution is 2.17. The Bertz CT molecular complexity index is 750. The van der Waals surface area contributed by atoms with Crippen molar-refractivity contribution in [2.24, 2.45) is 0 Å². The number of nitrogens with one attached hydrogen (secondary N) is 2. The quantitative estimate of drug-likeness (QED) is 0.674. The van der Waals surface area contributed by atoms with Crippen molar-refractivity contribution in [2.75, 3.05) is 12.4 Å². The van der Waals surface area contributed by atoms with Crippen LogP contribution in [0.3, 0.4) is 0 Å². The first kappa shape index (κ1) is 19.2. The molecule has 1 aromatic heterocycles. The lowest BCUT2D eigenvalue weighted by Crippen LogP contribution is -2.39. The van der Waals surface area contributed by atoms with Crippen LogP contribution in [0.4, 0.5) is 10.5 Å². The Morgan fingerprint density at radius 1 is 1.19 bits per heavy atom. The van der Waals surface area contributed by atoms with Crippen LogP contribution in [0.1, 0.15) is 24.1 Å². The van der Waals surface area contributed by atoms with Gasteiger partial charge in [-0.15, -0.1) is 0 Å². The van der Waals surface area contributed by atoms with E-state index in [0.29, 0.717) is 30.1 Å². The number of nitrogens with zero attached hydrogens (tertiary/aromatic N) is 1. The number of carboxylic acids is 1. The molecule has 2 rings (SSSR count). The SMILES string of the molecule is COc1ccc(NC(=O)NC(CCC(=O)O)Cc2ccccc2)c(C)n1. The van der Waals surface area contributed by atoms with E-state index in [1.807, 2.05) is 30.3 Å². The molecule has 138 valence electrons. The first-order valence-electron chi connectivity index (χ1n) is 8.33. The van der Waals surface area contributed by atoms with Gasteiger partial charge in [0.15, 0.2) is 0 Å². The van der Waals surface area contributed by atoms with Crippen LogP contribution in [0.25, 0.3) is 0 Å². The fourth-order valence-electron chi connectivity index (χ4n) is 2.55. The highest BCUT2D eigenvalue weighted by molar-refractivity contribution is 5.90. The van der Waals surface area contributed by atoms with Crippen molar-refractivity contribution in [3.8, 4) is 5.88 Å². The molecule has 7 nitrogen and oxygen atoms in total. The van der Waals surface area contributed by atoms with Gasteiger partial charge in [0.1, 0.15) is 0 Å². The predicted octanol–water partition coefficient (Wildman–Crippen LogP) is 3.00. The van der Waals surface area contributed by atoms with Crippen molar-refractivity contribution in [1.29, 1.82) is 0 Å². The third-order valence-electron chi connectivity index (χ3n) is 3.88. The average molecular weight is 357 g/mol. The minimum atomic E-state index is -0.888. The summed E-state index contributed by atoms with van der Waals surface area (Å²) < 4.78 is 5.05.